The van der Waals surface area contributed by atoms with Crippen molar-refractivity contribution < 1.29 is 9.47 Å². The van der Waals surface area contributed by atoms with Crippen LogP contribution < -0.4 is 9.47 Å². The largest absolute Gasteiger partial charge is 0.496 e. The zero-order valence-electron chi connectivity index (χ0n) is 11.1. The fourth-order valence-electron chi connectivity index (χ4n) is 2.01. The molecule has 0 aliphatic carbocycles. The van der Waals surface area contributed by atoms with Crippen LogP contribution in [0.5, 0.6) is 11.5 Å². The average molecular weight is 233 g/mol. The molecule has 92 valence electrons. The third-order valence-corrected chi connectivity index (χ3v) is 3.19. The monoisotopic (exact) mass is 233 g/mol. The Morgan fingerprint density at radius 2 is 1.88 bits per heavy atom. The van der Waals surface area contributed by atoms with Gasteiger partial charge in [0.15, 0.2) is 0 Å². The Morgan fingerprint density at radius 3 is 2.29 bits per heavy atom. The van der Waals surface area contributed by atoms with E-state index in [-0.39, 0.29) is 5.92 Å². The lowest BCUT2D eigenvalue weighted by atomic mass is 9.92. The van der Waals surface area contributed by atoms with Crippen molar-refractivity contribution in [2.75, 3.05) is 14.2 Å². The van der Waals surface area contributed by atoms with E-state index in [0.29, 0.717) is 0 Å². The second-order valence-electron chi connectivity index (χ2n) is 4.04. The predicted molar refractivity (Wildman–Crippen MR) is 67.7 cm³/mol. The summed E-state index contributed by atoms with van der Waals surface area (Å²) in [6.07, 6.45) is 0.762. The smallest absolute Gasteiger partial charge is 0.126 e. The topological polar surface area (TPSA) is 42.2 Å². The van der Waals surface area contributed by atoms with Crippen LogP contribution in [0.2, 0.25) is 0 Å². The third kappa shape index (κ3) is 2.36. The molecule has 0 aliphatic heterocycles. The quantitative estimate of drug-likeness (QED) is 0.801. The van der Waals surface area contributed by atoms with E-state index >= 15 is 0 Å². The minimum absolute atomic E-state index is 0.154. The van der Waals surface area contributed by atoms with Crippen molar-refractivity contribution in [1.29, 1.82) is 5.26 Å². The van der Waals surface area contributed by atoms with Crippen molar-refractivity contribution in [1.82, 2.24) is 0 Å². The molecule has 0 radical (unpaired) electrons. The van der Waals surface area contributed by atoms with Crippen molar-refractivity contribution in [3.63, 3.8) is 0 Å². The van der Waals surface area contributed by atoms with Gasteiger partial charge in [-0.2, -0.15) is 5.26 Å². The lowest BCUT2D eigenvalue weighted by Crippen LogP contribution is -2.03. The highest BCUT2D eigenvalue weighted by molar-refractivity contribution is 5.54. The van der Waals surface area contributed by atoms with Gasteiger partial charge in [0.1, 0.15) is 11.5 Å². The van der Waals surface area contributed by atoms with Gasteiger partial charge in [-0.3, -0.25) is 0 Å². The lowest BCUT2D eigenvalue weighted by molar-refractivity contribution is 0.392. The van der Waals surface area contributed by atoms with Gasteiger partial charge in [-0.25, -0.2) is 0 Å². The molecular weight excluding hydrogens is 214 g/mol. The molecule has 3 heteroatoms. The van der Waals surface area contributed by atoms with Gasteiger partial charge >= 0.3 is 0 Å². The molecule has 3 nitrogen and oxygen atoms in total. The molecule has 1 unspecified atom stereocenters. The van der Waals surface area contributed by atoms with Crippen LogP contribution in [0.15, 0.2) is 6.07 Å². The molecule has 0 saturated carbocycles. The summed E-state index contributed by atoms with van der Waals surface area (Å²) in [5.41, 5.74) is 3.01. The molecule has 17 heavy (non-hydrogen) atoms. The number of ether oxygens (including phenoxy) is 2. The summed E-state index contributed by atoms with van der Waals surface area (Å²) in [6, 6.07) is 4.22. The van der Waals surface area contributed by atoms with Gasteiger partial charge in [-0.05, 0) is 37.5 Å². The molecule has 0 saturated heterocycles. The Hall–Kier alpha value is -1.69. The van der Waals surface area contributed by atoms with E-state index in [4.69, 9.17) is 9.47 Å². The van der Waals surface area contributed by atoms with E-state index in [0.717, 1.165) is 34.6 Å². The van der Waals surface area contributed by atoms with Gasteiger partial charge in [-0.15, -0.1) is 0 Å². The number of nitriles is 1. The van der Waals surface area contributed by atoms with Crippen LogP contribution in [-0.2, 0) is 0 Å². The SMILES string of the molecule is CCC(C#N)c1cc(OC)c(C)c(C)c1OC. The van der Waals surface area contributed by atoms with Crippen LogP contribution in [0.3, 0.4) is 0 Å². The second kappa shape index (κ2) is 5.58. The van der Waals surface area contributed by atoms with E-state index in [9.17, 15) is 5.26 Å². The van der Waals surface area contributed by atoms with Gasteiger partial charge in [0.2, 0.25) is 0 Å². The summed E-state index contributed by atoms with van der Waals surface area (Å²) in [7, 11) is 3.28. The van der Waals surface area contributed by atoms with Crippen molar-refractivity contribution in [3.8, 4) is 17.6 Å². The van der Waals surface area contributed by atoms with Crippen LogP contribution in [0.1, 0.15) is 36.0 Å². The second-order valence-corrected chi connectivity index (χ2v) is 4.04. The third-order valence-electron chi connectivity index (χ3n) is 3.19. The number of rotatable bonds is 4. The first kappa shape index (κ1) is 13.4. The Morgan fingerprint density at radius 1 is 1.24 bits per heavy atom. The zero-order chi connectivity index (χ0) is 13.0. The molecule has 1 aromatic rings. The number of nitrogens with zero attached hydrogens (tertiary/aromatic N) is 1. The van der Waals surface area contributed by atoms with E-state index in [1.807, 2.05) is 26.8 Å². The highest BCUT2D eigenvalue weighted by atomic mass is 16.5. The summed E-state index contributed by atoms with van der Waals surface area (Å²) in [6.45, 7) is 5.98. The Labute approximate surface area is 103 Å². The Kier molecular flexibility index (Phi) is 4.39. The molecular formula is C14H19NO2. The van der Waals surface area contributed by atoms with E-state index in [2.05, 4.69) is 6.07 Å². The number of hydrogen-bond acceptors (Lipinski definition) is 3. The first-order valence-electron chi connectivity index (χ1n) is 5.72. The molecule has 0 N–H and O–H groups in total. The summed E-state index contributed by atoms with van der Waals surface area (Å²) >= 11 is 0. The van der Waals surface area contributed by atoms with Gasteiger partial charge in [0, 0.05) is 5.56 Å². The molecule has 1 rings (SSSR count). The fraction of sp³-hybridized carbons (Fsp3) is 0.500. The number of benzene rings is 1. The van der Waals surface area contributed by atoms with Crippen molar-refractivity contribution in [2.45, 2.75) is 33.1 Å². The van der Waals surface area contributed by atoms with E-state index in [1.54, 1.807) is 14.2 Å². The van der Waals surface area contributed by atoms with E-state index in [1.165, 1.54) is 0 Å². The highest BCUT2D eigenvalue weighted by Gasteiger charge is 2.19. The van der Waals surface area contributed by atoms with Crippen LogP contribution in [0, 0.1) is 25.2 Å². The van der Waals surface area contributed by atoms with Crippen LogP contribution in [0.25, 0.3) is 0 Å². The van der Waals surface area contributed by atoms with Crippen molar-refractivity contribution in [3.05, 3.63) is 22.8 Å². The van der Waals surface area contributed by atoms with Crippen LogP contribution in [-0.4, -0.2) is 14.2 Å². The fourth-order valence-corrected chi connectivity index (χ4v) is 2.01. The molecule has 0 spiro atoms. The maximum absolute atomic E-state index is 9.18. The Bertz CT molecular complexity index is 447. The highest BCUT2D eigenvalue weighted by Crippen LogP contribution is 2.38. The van der Waals surface area contributed by atoms with Gasteiger partial charge < -0.3 is 9.47 Å². The minimum atomic E-state index is -0.154. The minimum Gasteiger partial charge on any atom is -0.496 e. The molecule has 0 amide bonds. The summed E-state index contributed by atoms with van der Waals surface area (Å²) < 4.78 is 10.8. The van der Waals surface area contributed by atoms with Crippen LogP contribution in [0.4, 0.5) is 0 Å². The normalized spacial score (nSPS) is 11.8. The summed E-state index contributed by atoms with van der Waals surface area (Å²) in [4.78, 5) is 0. The zero-order valence-corrected chi connectivity index (χ0v) is 11.1. The number of methoxy groups -OCH3 is 2. The van der Waals surface area contributed by atoms with Gasteiger partial charge in [-0.1, -0.05) is 6.92 Å². The van der Waals surface area contributed by atoms with E-state index < -0.39 is 0 Å². The maximum atomic E-state index is 9.18. The Balaban J connectivity index is 3.48. The number of hydrogen-bond donors (Lipinski definition) is 0. The van der Waals surface area contributed by atoms with Crippen LogP contribution >= 0.6 is 0 Å². The standard InChI is InChI=1S/C14H19NO2/c1-6-11(8-15)12-7-13(16-4)9(2)10(3)14(12)17-5/h7,11H,6H2,1-5H3. The summed E-state index contributed by atoms with van der Waals surface area (Å²) in [5, 5.41) is 9.18. The molecule has 0 heterocycles. The average Bonchev–Trinajstić information content (AvgIpc) is 2.35. The predicted octanol–water partition coefficient (Wildman–Crippen LogP) is 3.34. The summed E-state index contributed by atoms with van der Waals surface area (Å²) in [5.74, 6) is 1.46. The maximum Gasteiger partial charge on any atom is 0.126 e. The van der Waals surface area contributed by atoms with Gasteiger partial charge in [0.05, 0.1) is 26.2 Å². The van der Waals surface area contributed by atoms with Gasteiger partial charge in [0.25, 0.3) is 0 Å². The molecule has 0 bridgehead atoms. The molecule has 1 aromatic carbocycles. The molecule has 1 atom stereocenters. The first-order chi connectivity index (χ1) is 8.10. The van der Waals surface area contributed by atoms with Crippen molar-refractivity contribution in [2.24, 2.45) is 0 Å². The first-order valence-corrected chi connectivity index (χ1v) is 5.72. The van der Waals surface area contributed by atoms with Crippen molar-refractivity contribution >= 4 is 0 Å². The molecule has 0 fully saturated rings. The molecule has 0 aliphatic rings. The molecule has 0 aromatic heterocycles. The lowest BCUT2D eigenvalue weighted by Gasteiger charge is -2.18.